The van der Waals surface area contributed by atoms with E-state index in [1.54, 1.807) is 0 Å². The van der Waals surface area contributed by atoms with E-state index in [0.717, 1.165) is 24.7 Å². The quantitative estimate of drug-likeness (QED) is 0.753. The Labute approximate surface area is 95.4 Å². The third kappa shape index (κ3) is 3.46. The Balaban J connectivity index is 2.44. The summed E-state index contributed by atoms with van der Waals surface area (Å²) < 4.78 is 0. The lowest BCUT2D eigenvalue weighted by Gasteiger charge is -2.42. The van der Waals surface area contributed by atoms with Crippen molar-refractivity contribution in [1.82, 2.24) is 10.2 Å². The Kier molecular flexibility index (Phi) is 5.62. The first kappa shape index (κ1) is 13.0. The summed E-state index contributed by atoms with van der Waals surface area (Å²) in [4.78, 5) is 2.72. The zero-order valence-corrected chi connectivity index (χ0v) is 10.9. The van der Waals surface area contributed by atoms with Gasteiger partial charge in [-0.1, -0.05) is 20.8 Å². The largest absolute Gasteiger partial charge is 0.314 e. The number of hydrogen-bond acceptors (Lipinski definition) is 2. The van der Waals surface area contributed by atoms with Crippen molar-refractivity contribution in [3.63, 3.8) is 0 Å². The third-order valence-electron chi connectivity index (χ3n) is 3.83. The van der Waals surface area contributed by atoms with E-state index in [0.29, 0.717) is 0 Å². The number of piperidine rings is 1. The third-order valence-corrected chi connectivity index (χ3v) is 3.83. The molecule has 1 aliphatic heterocycles. The Morgan fingerprint density at radius 2 is 1.93 bits per heavy atom. The monoisotopic (exact) mass is 212 g/mol. The molecule has 0 aromatic carbocycles. The molecule has 1 aliphatic rings. The van der Waals surface area contributed by atoms with Crippen LogP contribution in [0.4, 0.5) is 0 Å². The Bertz CT molecular complexity index is 166. The lowest BCUT2D eigenvalue weighted by atomic mass is 9.95. The van der Waals surface area contributed by atoms with Crippen LogP contribution in [0.3, 0.4) is 0 Å². The van der Waals surface area contributed by atoms with Gasteiger partial charge in [-0.15, -0.1) is 0 Å². The normalized spacial score (nSPS) is 28.6. The van der Waals surface area contributed by atoms with Gasteiger partial charge in [0.1, 0.15) is 0 Å². The molecule has 0 aromatic heterocycles. The topological polar surface area (TPSA) is 15.3 Å². The van der Waals surface area contributed by atoms with Crippen LogP contribution in [0, 0.1) is 0 Å². The van der Waals surface area contributed by atoms with Crippen LogP contribution in [-0.2, 0) is 0 Å². The Morgan fingerprint density at radius 1 is 1.27 bits per heavy atom. The highest BCUT2D eigenvalue weighted by Crippen LogP contribution is 2.22. The van der Waals surface area contributed by atoms with E-state index in [-0.39, 0.29) is 0 Å². The van der Waals surface area contributed by atoms with Crippen molar-refractivity contribution in [2.45, 2.75) is 71.5 Å². The molecule has 2 unspecified atom stereocenters. The fourth-order valence-electron chi connectivity index (χ4n) is 2.96. The van der Waals surface area contributed by atoms with Gasteiger partial charge in [-0.05, 0) is 39.2 Å². The van der Waals surface area contributed by atoms with Crippen molar-refractivity contribution in [3.05, 3.63) is 0 Å². The van der Waals surface area contributed by atoms with E-state index in [1.807, 2.05) is 0 Å². The summed E-state index contributed by atoms with van der Waals surface area (Å²) in [6.45, 7) is 11.6. The SMILES string of the molecule is CCNC1CCN(C(CC)CC)C(C)C1. The van der Waals surface area contributed by atoms with E-state index in [4.69, 9.17) is 0 Å². The van der Waals surface area contributed by atoms with Crippen LogP contribution >= 0.6 is 0 Å². The fraction of sp³-hybridized carbons (Fsp3) is 1.00. The van der Waals surface area contributed by atoms with Crippen molar-refractivity contribution in [2.75, 3.05) is 13.1 Å². The Hall–Kier alpha value is -0.0800. The molecule has 1 rings (SSSR count). The summed E-state index contributed by atoms with van der Waals surface area (Å²) in [7, 11) is 0. The van der Waals surface area contributed by atoms with Gasteiger partial charge >= 0.3 is 0 Å². The highest BCUT2D eigenvalue weighted by molar-refractivity contribution is 4.85. The van der Waals surface area contributed by atoms with Crippen molar-refractivity contribution in [3.8, 4) is 0 Å². The van der Waals surface area contributed by atoms with Crippen molar-refractivity contribution >= 4 is 0 Å². The van der Waals surface area contributed by atoms with Gasteiger partial charge in [0, 0.05) is 24.7 Å². The first-order valence-corrected chi connectivity index (χ1v) is 6.71. The smallest absolute Gasteiger partial charge is 0.00939 e. The maximum absolute atomic E-state index is 3.58. The van der Waals surface area contributed by atoms with Crippen LogP contribution in [0.5, 0.6) is 0 Å². The first-order valence-electron chi connectivity index (χ1n) is 6.71. The molecule has 0 saturated carbocycles. The minimum Gasteiger partial charge on any atom is -0.314 e. The molecule has 15 heavy (non-hydrogen) atoms. The molecule has 1 fully saturated rings. The molecule has 1 saturated heterocycles. The van der Waals surface area contributed by atoms with Crippen LogP contribution in [-0.4, -0.2) is 36.1 Å². The molecule has 90 valence electrons. The zero-order chi connectivity index (χ0) is 11.3. The molecule has 2 atom stereocenters. The van der Waals surface area contributed by atoms with Crippen LogP contribution in [0.1, 0.15) is 53.4 Å². The van der Waals surface area contributed by atoms with Gasteiger partial charge < -0.3 is 5.32 Å². The molecule has 2 nitrogen and oxygen atoms in total. The molecule has 0 bridgehead atoms. The van der Waals surface area contributed by atoms with Crippen molar-refractivity contribution in [2.24, 2.45) is 0 Å². The van der Waals surface area contributed by atoms with Gasteiger partial charge in [-0.2, -0.15) is 0 Å². The highest BCUT2D eigenvalue weighted by atomic mass is 15.2. The maximum Gasteiger partial charge on any atom is 0.00939 e. The zero-order valence-electron chi connectivity index (χ0n) is 10.9. The molecular weight excluding hydrogens is 184 g/mol. The minimum absolute atomic E-state index is 0.757. The van der Waals surface area contributed by atoms with E-state index in [9.17, 15) is 0 Å². The standard InChI is InChI=1S/C13H28N2/c1-5-13(6-2)15-9-8-12(14-7-3)10-11(15)4/h11-14H,5-10H2,1-4H3. The Morgan fingerprint density at radius 3 is 2.40 bits per heavy atom. The first-order chi connectivity index (χ1) is 7.22. The van der Waals surface area contributed by atoms with Crippen molar-refractivity contribution < 1.29 is 0 Å². The van der Waals surface area contributed by atoms with Crippen LogP contribution in [0.25, 0.3) is 0 Å². The van der Waals surface area contributed by atoms with Gasteiger partial charge in [-0.25, -0.2) is 0 Å². The predicted octanol–water partition coefficient (Wildman–Crippen LogP) is 2.64. The van der Waals surface area contributed by atoms with Crippen LogP contribution in [0.15, 0.2) is 0 Å². The van der Waals surface area contributed by atoms with Gasteiger partial charge in [0.25, 0.3) is 0 Å². The number of nitrogens with zero attached hydrogens (tertiary/aromatic N) is 1. The summed E-state index contributed by atoms with van der Waals surface area (Å²) in [5, 5.41) is 3.58. The second kappa shape index (κ2) is 6.49. The van der Waals surface area contributed by atoms with Gasteiger partial charge in [0.2, 0.25) is 0 Å². The molecule has 0 radical (unpaired) electrons. The van der Waals surface area contributed by atoms with E-state index in [2.05, 4.69) is 37.9 Å². The second-order valence-corrected chi connectivity index (χ2v) is 4.84. The molecule has 1 N–H and O–H groups in total. The lowest BCUT2D eigenvalue weighted by molar-refractivity contribution is 0.0835. The summed E-state index contributed by atoms with van der Waals surface area (Å²) in [6, 6.07) is 2.32. The fourth-order valence-corrected chi connectivity index (χ4v) is 2.96. The molecule has 0 spiro atoms. The van der Waals surface area contributed by atoms with E-state index < -0.39 is 0 Å². The highest BCUT2D eigenvalue weighted by Gasteiger charge is 2.28. The van der Waals surface area contributed by atoms with E-state index in [1.165, 1.54) is 32.2 Å². The molecule has 1 heterocycles. The van der Waals surface area contributed by atoms with Crippen LogP contribution in [0.2, 0.25) is 0 Å². The van der Waals surface area contributed by atoms with Gasteiger partial charge in [0.05, 0.1) is 0 Å². The molecule has 0 aromatic rings. The number of rotatable bonds is 5. The van der Waals surface area contributed by atoms with Crippen LogP contribution < -0.4 is 5.32 Å². The molecule has 0 aliphatic carbocycles. The molecule has 2 heteroatoms. The minimum atomic E-state index is 0.757. The van der Waals surface area contributed by atoms with E-state index >= 15 is 0 Å². The average molecular weight is 212 g/mol. The average Bonchev–Trinajstić information content (AvgIpc) is 2.23. The number of hydrogen-bond donors (Lipinski definition) is 1. The second-order valence-electron chi connectivity index (χ2n) is 4.84. The molecular formula is C13H28N2. The summed E-state index contributed by atoms with van der Waals surface area (Å²) in [6.07, 6.45) is 5.25. The number of nitrogens with one attached hydrogen (secondary N) is 1. The summed E-state index contributed by atoms with van der Waals surface area (Å²) in [5.74, 6) is 0. The predicted molar refractivity (Wildman–Crippen MR) is 67.2 cm³/mol. The summed E-state index contributed by atoms with van der Waals surface area (Å²) in [5.41, 5.74) is 0. The number of likely N-dealkylation sites (tertiary alicyclic amines) is 1. The van der Waals surface area contributed by atoms with Gasteiger partial charge in [-0.3, -0.25) is 4.90 Å². The maximum atomic E-state index is 3.58. The molecule has 0 amide bonds. The lowest BCUT2D eigenvalue weighted by Crippen LogP contribution is -2.51. The van der Waals surface area contributed by atoms with Crippen molar-refractivity contribution in [1.29, 1.82) is 0 Å². The summed E-state index contributed by atoms with van der Waals surface area (Å²) >= 11 is 0. The van der Waals surface area contributed by atoms with Gasteiger partial charge in [0.15, 0.2) is 0 Å².